The van der Waals surface area contributed by atoms with Crippen molar-refractivity contribution in [1.29, 1.82) is 0 Å². The van der Waals surface area contributed by atoms with Crippen LogP contribution in [0, 0.1) is 5.92 Å². The molecule has 0 N–H and O–H groups in total. The molecule has 0 amide bonds. The van der Waals surface area contributed by atoms with Gasteiger partial charge in [-0.2, -0.15) is 0 Å². The van der Waals surface area contributed by atoms with E-state index < -0.39 is 0 Å². The number of rotatable bonds is 3. The first-order valence-corrected chi connectivity index (χ1v) is 3.85. The Hall–Kier alpha value is -0.0400. The Bertz CT molecular complexity index is 92.7. The summed E-state index contributed by atoms with van der Waals surface area (Å²) < 4.78 is 5.60. The first-order chi connectivity index (χ1) is 4.21. The van der Waals surface area contributed by atoms with Gasteiger partial charge in [-0.15, -0.1) is 0 Å². The maximum absolute atomic E-state index is 5.60. The largest absolute Gasteiger partial charge is 0.375 e. The van der Waals surface area contributed by atoms with Gasteiger partial charge in [0.15, 0.2) is 0 Å². The van der Waals surface area contributed by atoms with Gasteiger partial charge in [-0.1, -0.05) is 13.8 Å². The Morgan fingerprint density at radius 2 is 2.00 bits per heavy atom. The lowest BCUT2D eigenvalue weighted by molar-refractivity contribution is 0.00838. The molecule has 0 aliphatic heterocycles. The lowest BCUT2D eigenvalue weighted by atomic mass is 10.1. The molecule has 0 radical (unpaired) electrons. The predicted octanol–water partition coefficient (Wildman–Crippen LogP) is 2.21. The van der Waals surface area contributed by atoms with Crippen LogP contribution in [0.4, 0.5) is 0 Å². The van der Waals surface area contributed by atoms with E-state index in [-0.39, 0.29) is 0 Å². The molecule has 1 saturated carbocycles. The summed E-state index contributed by atoms with van der Waals surface area (Å²) in [5.41, 5.74) is 0.300. The fourth-order valence-corrected chi connectivity index (χ4v) is 1.30. The highest BCUT2D eigenvalue weighted by Crippen LogP contribution is 2.45. The summed E-state index contributed by atoms with van der Waals surface area (Å²) in [4.78, 5) is 0. The average molecular weight is 128 g/mol. The molecular formula is C8H16O. The molecule has 54 valence electrons. The summed E-state index contributed by atoms with van der Waals surface area (Å²) in [5.74, 6) is 0.706. The zero-order valence-corrected chi connectivity index (χ0v) is 6.61. The Kier molecular flexibility index (Phi) is 1.80. The number of hydrogen-bond donors (Lipinski definition) is 0. The molecule has 0 unspecified atom stereocenters. The first kappa shape index (κ1) is 7.07. The molecule has 0 spiro atoms. The first-order valence-electron chi connectivity index (χ1n) is 3.85. The smallest absolute Gasteiger partial charge is 0.0707 e. The van der Waals surface area contributed by atoms with Gasteiger partial charge in [0.1, 0.15) is 0 Å². The SMILES string of the molecule is CCOC1(C(C)C)CC1. The quantitative estimate of drug-likeness (QED) is 0.566. The van der Waals surface area contributed by atoms with Crippen LogP contribution in [0.2, 0.25) is 0 Å². The zero-order chi connectivity index (χ0) is 6.91. The maximum Gasteiger partial charge on any atom is 0.0707 e. The minimum absolute atomic E-state index is 0.300. The van der Waals surface area contributed by atoms with Crippen LogP contribution in [0.3, 0.4) is 0 Å². The van der Waals surface area contributed by atoms with Gasteiger partial charge in [0, 0.05) is 6.61 Å². The summed E-state index contributed by atoms with van der Waals surface area (Å²) in [6.07, 6.45) is 2.55. The molecule has 0 saturated heterocycles. The van der Waals surface area contributed by atoms with Gasteiger partial charge in [-0.05, 0) is 25.7 Å². The van der Waals surface area contributed by atoms with Crippen LogP contribution in [0.1, 0.15) is 33.6 Å². The van der Waals surface area contributed by atoms with Crippen molar-refractivity contribution >= 4 is 0 Å². The number of ether oxygens (including phenoxy) is 1. The van der Waals surface area contributed by atoms with E-state index in [9.17, 15) is 0 Å². The molecule has 0 heterocycles. The normalized spacial score (nSPS) is 22.7. The maximum atomic E-state index is 5.60. The van der Waals surface area contributed by atoms with Crippen LogP contribution in [-0.2, 0) is 4.74 Å². The van der Waals surface area contributed by atoms with Crippen LogP contribution < -0.4 is 0 Å². The van der Waals surface area contributed by atoms with Gasteiger partial charge < -0.3 is 4.74 Å². The van der Waals surface area contributed by atoms with Crippen LogP contribution >= 0.6 is 0 Å². The van der Waals surface area contributed by atoms with Crippen molar-refractivity contribution in [2.75, 3.05) is 6.61 Å². The second-order valence-electron chi connectivity index (χ2n) is 3.15. The molecule has 0 bridgehead atoms. The Labute approximate surface area is 57.4 Å². The topological polar surface area (TPSA) is 9.23 Å². The Morgan fingerprint density at radius 3 is 2.11 bits per heavy atom. The second kappa shape index (κ2) is 2.30. The highest BCUT2D eigenvalue weighted by molar-refractivity contribution is 4.97. The Balaban J connectivity index is 2.33. The second-order valence-corrected chi connectivity index (χ2v) is 3.15. The molecule has 0 aromatic heterocycles. The fourth-order valence-electron chi connectivity index (χ4n) is 1.30. The van der Waals surface area contributed by atoms with Crippen molar-refractivity contribution in [2.45, 2.75) is 39.2 Å². The highest BCUT2D eigenvalue weighted by Gasteiger charge is 2.46. The molecule has 1 aliphatic rings. The lowest BCUT2D eigenvalue weighted by Crippen LogP contribution is -2.20. The molecule has 0 aromatic rings. The van der Waals surface area contributed by atoms with Crippen molar-refractivity contribution in [3.05, 3.63) is 0 Å². The molecule has 1 rings (SSSR count). The third-order valence-corrected chi connectivity index (χ3v) is 2.23. The molecular weight excluding hydrogens is 112 g/mol. The lowest BCUT2D eigenvalue weighted by Gasteiger charge is -2.18. The van der Waals surface area contributed by atoms with E-state index in [2.05, 4.69) is 20.8 Å². The van der Waals surface area contributed by atoms with E-state index in [1.165, 1.54) is 12.8 Å². The van der Waals surface area contributed by atoms with Gasteiger partial charge in [0.2, 0.25) is 0 Å². The van der Waals surface area contributed by atoms with Crippen molar-refractivity contribution < 1.29 is 4.74 Å². The van der Waals surface area contributed by atoms with E-state index in [1.807, 2.05) is 0 Å². The summed E-state index contributed by atoms with van der Waals surface area (Å²) in [6.45, 7) is 7.42. The van der Waals surface area contributed by atoms with Crippen LogP contribution in [-0.4, -0.2) is 12.2 Å². The minimum atomic E-state index is 0.300. The summed E-state index contributed by atoms with van der Waals surface area (Å²) in [6, 6.07) is 0. The van der Waals surface area contributed by atoms with Crippen LogP contribution in [0.5, 0.6) is 0 Å². The zero-order valence-electron chi connectivity index (χ0n) is 6.61. The van der Waals surface area contributed by atoms with Gasteiger partial charge in [0.05, 0.1) is 5.60 Å². The predicted molar refractivity (Wildman–Crippen MR) is 38.4 cm³/mol. The van der Waals surface area contributed by atoms with E-state index in [0.717, 1.165) is 6.61 Å². The standard InChI is InChI=1S/C8H16O/c1-4-9-8(5-6-8)7(2)3/h7H,4-6H2,1-3H3. The molecule has 0 aromatic carbocycles. The molecule has 1 aliphatic carbocycles. The van der Waals surface area contributed by atoms with Crippen molar-refractivity contribution in [2.24, 2.45) is 5.92 Å². The van der Waals surface area contributed by atoms with Gasteiger partial charge >= 0.3 is 0 Å². The molecule has 1 fully saturated rings. The molecule has 9 heavy (non-hydrogen) atoms. The molecule has 1 heteroatoms. The third-order valence-electron chi connectivity index (χ3n) is 2.23. The summed E-state index contributed by atoms with van der Waals surface area (Å²) in [7, 11) is 0. The summed E-state index contributed by atoms with van der Waals surface area (Å²) in [5, 5.41) is 0. The highest BCUT2D eigenvalue weighted by atomic mass is 16.5. The van der Waals surface area contributed by atoms with Gasteiger partial charge in [0.25, 0.3) is 0 Å². The van der Waals surface area contributed by atoms with E-state index in [4.69, 9.17) is 4.74 Å². The van der Waals surface area contributed by atoms with Gasteiger partial charge in [-0.3, -0.25) is 0 Å². The van der Waals surface area contributed by atoms with Gasteiger partial charge in [-0.25, -0.2) is 0 Å². The van der Waals surface area contributed by atoms with E-state index in [0.29, 0.717) is 11.5 Å². The minimum Gasteiger partial charge on any atom is -0.375 e. The molecule has 1 nitrogen and oxygen atoms in total. The monoisotopic (exact) mass is 128 g/mol. The third kappa shape index (κ3) is 1.26. The van der Waals surface area contributed by atoms with Crippen molar-refractivity contribution in [1.82, 2.24) is 0 Å². The van der Waals surface area contributed by atoms with E-state index in [1.54, 1.807) is 0 Å². The van der Waals surface area contributed by atoms with Crippen LogP contribution in [0.15, 0.2) is 0 Å². The fraction of sp³-hybridized carbons (Fsp3) is 1.00. The summed E-state index contributed by atoms with van der Waals surface area (Å²) >= 11 is 0. The van der Waals surface area contributed by atoms with E-state index >= 15 is 0 Å². The Morgan fingerprint density at radius 1 is 1.44 bits per heavy atom. The average Bonchev–Trinajstić information content (AvgIpc) is 2.49. The molecule has 0 atom stereocenters. The van der Waals surface area contributed by atoms with Crippen LogP contribution in [0.25, 0.3) is 0 Å². The van der Waals surface area contributed by atoms with Crippen molar-refractivity contribution in [3.63, 3.8) is 0 Å². The van der Waals surface area contributed by atoms with Crippen molar-refractivity contribution in [3.8, 4) is 0 Å². The number of hydrogen-bond acceptors (Lipinski definition) is 1.